The van der Waals surface area contributed by atoms with Gasteiger partial charge in [0, 0.05) is 5.39 Å². The second kappa shape index (κ2) is 3.63. The fraction of sp³-hybridized carbons (Fsp3) is 0.429. The molecule has 1 aromatic carbocycles. The van der Waals surface area contributed by atoms with E-state index < -0.39 is 0 Å². The number of hydrogen-bond acceptors (Lipinski definition) is 2. The Morgan fingerprint density at radius 2 is 1.88 bits per heavy atom. The molecule has 2 rings (SSSR count). The van der Waals surface area contributed by atoms with Gasteiger partial charge >= 0.3 is 0 Å². The van der Waals surface area contributed by atoms with Crippen molar-refractivity contribution in [3.63, 3.8) is 0 Å². The van der Waals surface area contributed by atoms with Crippen LogP contribution in [0, 0.1) is 12.3 Å². The molecule has 0 spiro atoms. The van der Waals surface area contributed by atoms with Gasteiger partial charge in [0.1, 0.15) is 11.3 Å². The lowest BCUT2D eigenvalue weighted by Crippen LogP contribution is -2.25. The molecule has 0 fully saturated rings. The van der Waals surface area contributed by atoms with Crippen LogP contribution in [0.25, 0.3) is 11.0 Å². The van der Waals surface area contributed by atoms with E-state index in [1.165, 1.54) is 5.56 Å². The van der Waals surface area contributed by atoms with E-state index in [9.17, 15) is 0 Å². The first-order chi connectivity index (χ1) is 7.38. The molecule has 0 aliphatic heterocycles. The molecule has 2 aromatic rings. The molecule has 0 saturated carbocycles. The van der Waals surface area contributed by atoms with Gasteiger partial charge < -0.3 is 10.2 Å². The standard InChI is InChI=1S/C14H19NO/c1-9-5-6-11-10(7-9)8-12(16-11)13(15)14(2,3)4/h5-8,13H,15H2,1-4H3/t13-/m0/s1. The Bertz CT molecular complexity index is 505. The molecule has 16 heavy (non-hydrogen) atoms. The van der Waals surface area contributed by atoms with Gasteiger partial charge in [-0.05, 0) is 30.5 Å². The highest BCUT2D eigenvalue weighted by atomic mass is 16.3. The molecule has 0 bridgehead atoms. The molecule has 1 heterocycles. The van der Waals surface area contributed by atoms with E-state index in [-0.39, 0.29) is 11.5 Å². The third-order valence-corrected chi connectivity index (χ3v) is 2.93. The van der Waals surface area contributed by atoms with Gasteiger partial charge in [-0.2, -0.15) is 0 Å². The highest BCUT2D eigenvalue weighted by molar-refractivity contribution is 5.78. The minimum absolute atomic E-state index is 0.0168. The quantitative estimate of drug-likeness (QED) is 0.789. The summed E-state index contributed by atoms with van der Waals surface area (Å²) in [5.74, 6) is 0.869. The van der Waals surface area contributed by atoms with Gasteiger partial charge in [-0.1, -0.05) is 32.4 Å². The number of fused-ring (bicyclic) bond motifs is 1. The SMILES string of the molecule is Cc1ccc2oc([C@H](N)C(C)(C)C)cc2c1. The first-order valence-corrected chi connectivity index (χ1v) is 5.63. The van der Waals surface area contributed by atoms with Crippen molar-refractivity contribution in [3.8, 4) is 0 Å². The summed E-state index contributed by atoms with van der Waals surface area (Å²) in [7, 11) is 0. The van der Waals surface area contributed by atoms with Crippen molar-refractivity contribution in [1.82, 2.24) is 0 Å². The van der Waals surface area contributed by atoms with Crippen LogP contribution >= 0.6 is 0 Å². The second-order valence-electron chi connectivity index (χ2n) is 5.53. The van der Waals surface area contributed by atoms with Crippen molar-refractivity contribution in [2.75, 3.05) is 0 Å². The fourth-order valence-corrected chi connectivity index (χ4v) is 1.76. The Morgan fingerprint density at radius 3 is 2.50 bits per heavy atom. The van der Waals surface area contributed by atoms with Crippen LogP contribution in [0.2, 0.25) is 0 Å². The molecule has 86 valence electrons. The zero-order chi connectivity index (χ0) is 11.9. The number of benzene rings is 1. The molecule has 0 amide bonds. The Labute approximate surface area is 96.4 Å². The van der Waals surface area contributed by atoms with Gasteiger partial charge in [-0.3, -0.25) is 0 Å². The molecular weight excluding hydrogens is 198 g/mol. The first-order valence-electron chi connectivity index (χ1n) is 5.63. The molecule has 2 N–H and O–H groups in total. The minimum atomic E-state index is -0.0693. The summed E-state index contributed by atoms with van der Waals surface area (Å²) in [6.45, 7) is 8.44. The first kappa shape index (κ1) is 11.2. The molecule has 0 aliphatic rings. The van der Waals surface area contributed by atoms with Crippen molar-refractivity contribution in [2.24, 2.45) is 11.1 Å². The lowest BCUT2D eigenvalue weighted by molar-refractivity contribution is 0.290. The minimum Gasteiger partial charge on any atom is -0.459 e. The predicted octanol–water partition coefficient (Wildman–Crippen LogP) is 3.79. The van der Waals surface area contributed by atoms with Crippen molar-refractivity contribution < 1.29 is 4.42 Å². The zero-order valence-electron chi connectivity index (χ0n) is 10.4. The smallest absolute Gasteiger partial charge is 0.134 e. The second-order valence-corrected chi connectivity index (χ2v) is 5.53. The average Bonchev–Trinajstić information content (AvgIpc) is 2.57. The van der Waals surface area contributed by atoms with E-state index in [1.807, 2.05) is 6.07 Å². The van der Waals surface area contributed by atoms with Crippen LogP contribution in [-0.2, 0) is 0 Å². The molecule has 0 unspecified atom stereocenters. The zero-order valence-corrected chi connectivity index (χ0v) is 10.4. The summed E-state index contributed by atoms with van der Waals surface area (Å²) in [6.07, 6.45) is 0. The van der Waals surface area contributed by atoms with Crippen LogP contribution in [0.4, 0.5) is 0 Å². The van der Waals surface area contributed by atoms with Crippen LogP contribution in [0.15, 0.2) is 28.7 Å². The third kappa shape index (κ3) is 1.98. The maximum Gasteiger partial charge on any atom is 0.134 e. The van der Waals surface area contributed by atoms with Crippen LogP contribution in [0.5, 0.6) is 0 Å². The molecule has 0 radical (unpaired) electrons. The Balaban J connectivity index is 2.47. The fourth-order valence-electron chi connectivity index (χ4n) is 1.76. The topological polar surface area (TPSA) is 39.2 Å². The Morgan fingerprint density at radius 1 is 1.19 bits per heavy atom. The molecule has 2 heteroatoms. The average molecular weight is 217 g/mol. The summed E-state index contributed by atoms with van der Waals surface area (Å²) in [4.78, 5) is 0. The highest BCUT2D eigenvalue weighted by Gasteiger charge is 2.25. The van der Waals surface area contributed by atoms with Crippen LogP contribution in [-0.4, -0.2) is 0 Å². The van der Waals surface area contributed by atoms with Gasteiger partial charge in [0.05, 0.1) is 6.04 Å². The highest BCUT2D eigenvalue weighted by Crippen LogP contribution is 2.33. The van der Waals surface area contributed by atoms with Gasteiger partial charge in [0.15, 0.2) is 0 Å². The molecular formula is C14H19NO. The summed E-state index contributed by atoms with van der Waals surface area (Å²) in [5.41, 5.74) is 8.35. The van der Waals surface area contributed by atoms with Crippen LogP contribution in [0.1, 0.15) is 38.1 Å². The van der Waals surface area contributed by atoms with Gasteiger partial charge in [0.2, 0.25) is 0 Å². The number of hydrogen-bond donors (Lipinski definition) is 1. The van der Waals surface area contributed by atoms with Gasteiger partial charge in [-0.15, -0.1) is 0 Å². The summed E-state index contributed by atoms with van der Waals surface area (Å²) in [5, 5.41) is 1.13. The van der Waals surface area contributed by atoms with Crippen molar-refractivity contribution in [3.05, 3.63) is 35.6 Å². The summed E-state index contributed by atoms with van der Waals surface area (Å²) in [6, 6.07) is 8.16. The molecule has 1 atom stereocenters. The summed E-state index contributed by atoms with van der Waals surface area (Å²) >= 11 is 0. The number of aryl methyl sites for hydroxylation is 1. The van der Waals surface area contributed by atoms with Crippen molar-refractivity contribution >= 4 is 11.0 Å². The van der Waals surface area contributed by atoms with Crippen LogP contribution < -0.4 is 5.73 Å². The van der Waals surface area contributed by atoms with E-state index >= 15 is 0 Å². The molecule has 0 aliphatic carbocycles. The van der Waals surface area contributed by atoms with Crippen molar-refractivity contribution in [1.29, 1.82) is 0 Å². The van der Waals surface area contributed by atoms with Gasteiger partial charge in [0.25, 0.3) is 0 Å². The van der Waals surface area contributed by atoms with E-state index in [2.05, 4.69) is 45.9 Å². The number of furan rings is 1. The van der Waals surface area contributed by atoms with Crippen molar-refractivity contribution in [2.45, 2.75) is 33.7 Å². The Hall–Kier alpha value is -1.28. The lowest BCUT2D eigenvalue weighted by Gasteiger charge is -2.24. The maximum absolute atomic E-state index is 6.18. The van der Waals surface area contributed by atoms with E-state index in [0.717, 1.165) is 16.7 Å². The lowest BCUT2D eigenvalue weighted by atomic mass is 9.86. The van der Waals surface area contributed by atoms with Gasteiger partial charge in [-0.25, -0.2) is 0 Å². The maximum atomic E-state index is 6.18. The summed E-state index contributed by atoms with van der Waals surface area (Å²) < 4.78 is 5.79. The van der Waals surface area contributed by atoms with Crippen LogP contribution in [0.3, 0.4) is 0 Å². The largest absolute Gasteiger partial charge is 0.459 e. The normalized spacial score (nSPS) is 14.3. The molecule has 0 saturated heterocycles. The number of rotatable bonds is 1. The van der Waals surface area contributed by atoms with E-state index in [0.29, 0.717) is 0 Å². The monoisotopic (exact) mass is 217 g/mol. The van der Waals surface area contributed by atoms with E-state index in [1.54, 1.807) is 0 Å². The predicted molar refractivity (Wildman–Crippen MR) is 67.3 cm³/mol. The molecule has 1 aromatic heterocycles. The Kier molecular flexibility index (Phi) is 2.55. The number of nitrogens with two attached hydrogens (primary N) is 1. The third-order valence-electron chi connectivity index (χ3n) is 2.93. The molecule has 2 nitrogen and oxygen atoms in total. The van der Waals surface area contributed by atoms with E-state index in [4.69, 9.17) is 10.2 Å².